The van der Waals surface area contributed by atoms with Crippen LogP contribution in [0.2, 0.25) is 0 Å². The zero-order valence-electron chi connectivity index (χ0n) is 13.4. The van der Waals surface area contributed by atoms with Gasteiger partial charge in [0.25, 0.3) is 0 Å². The highest BCUT2D eigenvalue weighted by atomic mass is 16.4. The molecule has 0 radical (unpaired) electrons. The van der Waals surface area contributed by atoms with Gasteiger partial charge in [-0.1, -0.05) is 6.92 Å². The zero-order chi connectivity index (χ0) is 16.3. The van der Waals surface area contributed by atoms with E-state index in [0.717, 1.165) is 29.9 Å². The highest BCUT2D eigenvalue weighted by Gasteiger charge is 2.34. The van der Waals surface area contributed by atoms with Gasteiger partial charge in [0.15, 0.2) is 0 Å². The number of carboxylic acids is 1. The van der Waals surface area contributed by atoms with Gasteiger partial charge < -0.3 is 14.2 Å². The SMILES string of the molecule is Cc1cc2n(c1C(=O)c1ccc3n1CCC3C)CCC2C(=O)O. The van der Waals surface area contributed by atoms with Gasteiger partial charge in [0.1, 0.15) is 0 Å². The summed E-state index contributed by atoms with van der Waals surface area (Å²) in [6.07, 6.45) is 1.64. The molecule has 5 heteroatoms. The second-order valence-corrected chi connectivity index (χ2v) is 6.75. The van der Waals surface area contributed by atoms with Gasteiger partial charge in [0, 0.05) is 24.5 Å². The van der Waals surface area contributed by atoms with Crippen molar-refractivity contribution < 1.29 is 14.7 Å². The fourth-order valence-corrected chi connectivity index (χ4v) is 4.15. The number of nitrogens with zero attached hydrogens (tertiary/aromatic N) is 2. The van der Waals surface area contributed by atoms with Crippen LogP contribution in [0.15, 0.2) is 18.2 Å². The van der Waals surface area contributed by atoms with Crippen LogP contribution >= 0.6 is 0 Å². The molecule has 2 unspecified atom stereocenters. The van der Waals surface area contributed by atoms with Gasteiger partial charge in [-0.15, -0.1) is 0 Å². The van der Waals surface area contributed by atoms with Crippen molar-refractivity contribution in [3.05, 3.63) is 46.5 Å². The summed E-state index contributed by atoms with van der Waals surface area (Å²) in [5, 5.41) is 9.34. The van der Waals surface area contributed by atoms with Crippen molar-refractivity contribution in [3.8, 4) is 0 Å². The number of carbonyl (C=O) groups is 2. The number of carboxylic acid groups (broad SMARTS) is 1. The first-order valence-corrected chi connectivity index (χ1v) is 8.16. The van der Waals surface area contributed by atoms with Gasteiger partial charge in [-0.25, -0.2) is 0 Å². The summed E-state index contributed by atoms with van der Waals surface area (Å²) in [6.45, 7) is 5.57. The number of aliphatic carboxylic acids is 1. The Morgan fingerprint density at radius 2 is 1.87 bits per heavy atom. The molecule has 0 saturated heterocycles. The lowest BCUT2D eigenvalue weighted by molar-refractivity contribution is -0.138. The maximum absolute atomic E-state index is 13.1. The Balaban J connectivity index is 1.78. The summed E-state index contributed by atoms with van der Waals surface area (Å²) in [6, 6.07) is 5.83. The van der Waals surface area contributed by atoms with Gasteiger partial charge in [-0.3, -0.25) is 9.59 Å². The molecule has 4 heterocycles. The number of carbonyl (C=O) groups excluding carboxylic acids is 1. The van der Waals surface area contributed by atoms with Crippen molar-refractivity contribution in [2.45, 2.75) is 51.6 Å². The molecular weight excluding hydrogens is 292 g/mol. The standard InChI is InChI=1S/C18H20N2O3/c1-10-5-7-19-13(10)3-4-14(19)17(21)16-11(2)9-15-12(18(22)23)6-8-20(15)16/h3-4,9-10,12H,5-8H2,1-2H3,(H,22,23). The van der Waals surface area contributed by atoms with Crippen molar-refractivity contribution in [2.75, 3.05) is 0 Å². The van der Waals surface area contributed by atoms with Gasteiger partial charge in [0.2, 0.25) is 5.78 Å². The van der Waals surface area contributed by atoms with Crippen LogP contribution in [0.1, 0.15) is 64.7 Å². The highest BCUT2D eigenvalue weighted by molar-refractivity contribution is 6.08. The molecule has 0 amide bonds. The van der Waals surface area contributed by atoms with Crippen LogP contribution in [0.4, 0.5) is 0 Å². The minimum atomic E-state index is -0.808. The summed E-state index contributed by atoms with van der Waals surface area (Å²) in [5.74, 6) is -0.793. The number of fused-ring (bicyclic) bond motifs is 2. The smallest absolute Gasteiger partial charge is 0.312 e. The molecule has 120 valence electrons. The molecule has 0 saturated carbocycles. The van der Waals surface area contributed by atoms with Crippen LogP contribution in [0.5, 0.6) is 0 Å². The molecule has 4 rings (SSSR count). The Kier molecular flexibility index (Phi) is 3.01. The van der Waals surface area contributed by atoms with E-state index in [1.165, 1.54) is 5.69 Å². The molecular formula is C18H20N2O3. The third-order valence-electron chi connectivity index (χ3n) is 5.37. The van der Waals surface area contributed by atoms with Crippen LogP contribution in [-0.2, 0) is 17.9 Å². The maximum Gasteiger partial charge on any atom is 0.312 e. The van der Waals surface area contributed by atoms with Gasteiger partial charge >= 0.3 is 5.97 Å². The molecule has 0 spiro atoms. The third kappa shape index (κ3) is 1.92. The number of aryl methyl sites for hydroxylation is 1. The van der Waals surface area contributed by atoms with Gasteiger partial charge in [-0.2, -0.15) is 0 Å². The molecule has 23 heavy (non-hydrogen) atoms. The molecule has 1 N–H and O–H groups in total. The fourth-order valence-electron chi connectivity index (χ4n) is 4.15. The number of ketones is 1. The molecule has 0 aliphatic carbocycles. The zero-order valence-corrected chi connectivity index (χ0v) is 13.4. The van der Waals surface area contributed by atoms with Crippen molar-refractivity contribution in [1.82, 2.24) is 9.13 Å². The highest BCUT2D eigenvalue weighted by Crippen LogP contribution is 2.35. The summed E-state index contributed by atoms with van der Waals surface area (Å²) in [5.41, 5.74) is 4.25. The minimum absolute atomic E-state index is 0.0140. The molecule has 0 aromatic carbocycles. The van der Waals surface area contributed by atoms with E-state index >= 15 is 0 Å². The van der Waals surface area contributed by atoms with E-state index in [4.69, 9.17) is 0 Å². The van der Waals surface area contributed by atoms with E-state index in [0.29, 0.717) is 24.6 Å². The topological polar surface area (TPSA) is 64.2 Å². The fraction of sp³-hybridized carbons (Fsp3) is 0.444. The first kappa shape index (κ1) is 14.3. The van der Waals surface area contributed by atoms with Crippen molar-refractivity contribution in [3.63, 3.8) is 0 Å². The monoisotopic (exact) mass is 312 g/mol. The lowest BCUT2D eigenvalue weighted by atomic mass is 10.0. The summed E-state index contributed by atoms with van der Waals surface area (Å²) in [4.78, 5) is 24.5. The average Bonchev–Trinajstić information content (AvgIpc) is 3.20. The Morgan fingerprint density at radius 3 is 2.61 bits per heavy atom. The average molecular weight is 312 g/mol. The van der Waals surface area contributed by atoms with Crippen molar-refractivity contribution >= 4 is 11.8 Å². The molecule has 2 aliphatic rings. The Bertz CT molecular complexity index is 828. The molecule has 2 aromatic rings. The van der Waals surface area contributed by atoms with Crippen molar-refractivity contribution in [2.24, 2.45) is 0 Å². The second kappa shape index (κ2) is 4.85. The van der Waals surface area contributed by atoms with Gasteiger partial charge in [0.05, 0.1) is 17.3 Å². The largest absolute Gasteiger partial charge is 0.481 e. The van der Waals surface area contributed by atoms with Crippen molar-refractivity contribution in [1.29, 1.82) is 0 Å². The Hall–Kier alpha value is -2.30. The molecule has 2 aliphatic heterocycles. The van der Waals surface area contributed by atoms with Crippen LogP contribution in [0, 0.1) is 6.92 Å². The van der Waals surface area contributed by atoms with Crippen LogP contribution in [0.3, 0.4) is 0 Å². The predicted molar refractivity (Wildman–Crippen MR) is 85.1 cm³/mol. The maximum atomic E-state index is 13.1. The summed E-state index contributed by atoms with van der Waals surface area (Å²) in [7, 11) is 0. The number of aromatic nitrogens is 2. The Morgan fingerprint density at radius 1 is 1.13 bits per heavy atom. The van der Waals surface area contributed by atoms with E-state index in [1.54, 1.807) is 0 Å². The predicted octanol–water partition coefficient (Wildman–Crippen LogP) is 2.91. The summed E-state index contributed by atoms with van der Waals surface area (Å²) >= 11 is 0. The van der Waals surface area contributed by atoms with E-state index in [1.807, 2.05) is 29.7 Å². The molecule has 2 atom stereocenters. The van der Waals surface area contributed by atoms with Crippen LogP contribution in [-0.4, -0.2) is 26.0 Å². The van der Waals surface area contributed by atoms with Crippen LogP contribution < -0.4 is 0 Å². The first-order chi connectivity index (χ1) is 11.0. The minimum Gasteiger partial charge on any atom is -0.481 e. The lowest BCUT2D eigenvalue weighted by Gasteiger charge is -2.09. The Labute approximate surface area is 134 Å². The van der Waals surface area contributed by atoms with E-state index in [-0.39, 0.29) is 5.78 Å². The van der Waals surface area contributed by atoms with E-state index < -0.39 is 11.9 Å². The third-order valence-corrected chi connectivity index (χ3v) is 5.37. The number of rotatable bonds is 3. The quantitative estimate of drug-likeness (QED) is 0.886. The summed E-state index contributed by atoms with van der Waals surface area (Å²) < 4.78 is 4.03. The molecule has 2 aromatic heterocycles. The lowest BCUT2D eigenvalue weighted by Crippen LogP contribution is -2.14. The molecule has 0 bridgehead atoms. The first-order valence-electron chi connectivity index (χ1n) is 8.16. The molecule has 5 nitrogen and oxygen atoms in total. The van der Waals surface area contributed by atoms with E-state index in [9.17, 15) is 14.7 Å². The number of hydrogen-bond acceptors (Lipinski definition) is 2. The van der Waals surface area contributed by atoms with Crippen LogP contribution in [0.25, 0.3) is 0 Å². The van der Waals surface area contributed by atoms with Gasteiger partial charge in [-0.05, 0) is 49.4 Å². The molecule has 0 fully saturated rings. The second-order valence-electron chi connectivity index (χ2n) is 6.75. The van der Waals surface area contributed by atoms with E-state index in [2.05, 4.69) is 11.5 Å². The normalized spacial score (nSPS) is 22.2. The number of hydrogen-bond donors (Lipinski definition) is 1.